The van der Waals surface area contributed by atoms with Crippen molar-refractivity contribution in [3.05, 3.63) is 12.1 Å². The van der Waals surface area contributed by atoms with E-state index in [1.165, 1.54) is 11.3 Å². The second kappa shape index (κ2) is 7.58. The summed E-state index contributed by atoms with van der Waals surface area (Å²) in [6, 6.07) is 3.60. The van der Waals surface area contributed by atoms with Crippen molar-refractivity contribution in [2.75, 3.05) is 0 Å². The van der Waals surface area contributed by atoms with E-state index in [0.717, 1.165) is 4.50 Å². The molecule has 0 unspecified atom stereocenters. The first-order chi connectivity index (χ1) is 10.5. The molecule has 5 nitrogen and oxygen atoms in total. The van der Waals surface area contributed by atoms with Gasteiger partial charge in [0.1, 0.15) is 0 Å². The molecule has 0 aliphatic rings. The van der Waals surface area contributed by atoms with Crippen LogP contribution in [0.15, 0.2) is 12.1 Å². The van der Waals surface area contributed by atoms with Crippen LogP contribution in [0, 0.1) is 0 Å². The molecule has 0 aliphatic heterocycles. The SMILES string of the molecule is C[Si](C)(C)O[Si](O[Si](C)(C)C)(O[Si](C)(C)C)c1ccc(B(O)O)s1. The lowest BCUT2D eigenvalue weighted by molar-refractivity contribution is 0.274. The van der Waals surface area contributed by atoms with Gasteiger partial charge in [0, 0.05) is 4.78 Å². The standard InChI is InChI=1S/C13H31BO5SSi4/c1-21(2,3)17-24(18-22(4,5)6,19-23(7,8)9)13-11-10-12(20-13)14(15)16/h10-11,15-16H,1-9H3. The lowest BCUT2D eigenvalue weighted by Gasteiger charge is -2.42. The largest absolute Gasteiger partial charge is 0.516 e. The predicted molar refractivity (Wildman–Crippen MR) is 113 cm³/mol. The van der Waals surface area contributed by atoms with Gasteiger partial charge in [-0.15, -0.1) is 11.3 Å². The average molecular weight is 423 g/mol. The van der Waals surface area contributed by atoms with Crippen LogP contribution < -0.4 is 9.28 Å². The Morgan fingerprint density at radius 1 is 0.750 bits per heavy atom. The fourth-order valence-corrected chi connectivity index (χ4v) is 17.5. The number of thiophene rings is 1. The number of rotatable bonds is 8. The molecule has 1 aromatic rings. The molecule has 0 radical (unpaired) electrons. The zero-order chi connectivity index (χ0) is 19.0. The lowest BCUT2D eigenvalue weighted by Crippen LogP contribution is -2.66. The molecular weight excluding hydrogens is 391 g/mol. The summed E-state index contributed by atoms with van der Waals surface area (Å²) in [5.41, 5.74) is 0. The average Bonchev–Trinajstić information content (AvgIpc) is 2.69. The van der Waals surface area contributed by atoms with Crippen molar-refractivity contribution >= 4 is 61.5 Å². The summed E-state index contributed by atoms with van der Waals surface area (Å²) >= 11 is 1.32. The van der Waals surface area contributed by atoms with Crippen LogP contribution in [0.25, 0.3) is 0 Å². The van der Waals surface area contributed by atoms with Crippen molar-refractivity contribution in [3.63, 3.8) is 0 Å². The molecular formula is C13H31BO5SSi4. The fraction of sp³-hybridized carbons (Fsp3) is 0.692. The third-order valence-electron chi connectivity index (χ3n) is 2.50. The molecule has 1 heterocycles. The second-order valence-corrected chi connectivity index (χ2v) is 27.0. The van der Waals surface area contributed by atoms with Gasteiger partial charge in [0.05, 0.1) is 4.50 Å². The number of hydrogen-bond acceptors (Lipinski definition) is 6. The highest BCUT2D eigenvalue weighted by atomic mass is 32.1. The maximum absolute atomic E-state index is 9.49. The highest BCUT2D eigenvalue weighted by molar-refractivity contribution is 7.32. The first-order valence-corrected chi connectivity index (χ1v) is 20.9. The van der Waals surface area contributed by atoms with Crippen molar-refractivity contribution in [1.82, 2.24) is 0 Å². The van der Waals surface area contributed by atoms with E-state index in [-0.39, 0.29) is 0 Å². The van der Waals surface area contributed by atoms with Crippen molar-refractivity contribution in [1.29, 1.82) is 0 Å². The smallest absolute Gasteiger partial charge is 0.423 e. The second-order valence-electron chi connectivity index (χ2n) is 8.78. The van der Waals surface area contributed by atoms with E-state index in [9.17, 15) is 10.0 Å². The summed E-state index contributed by atoms with van der Waals surface area (Å²) in [4.78, 5) is 0. The minimum atomic E-state index is -3.12. The zero-order valence-electron chi connectivity index (χ0n) is 16.3. The monoisotopic (exact) mass is 422 g/mol. The van der Waals surface area contributed by atoms with Gasteiger partial charge in [0.15, 0.2) is 25.0 Å². The molecule has 0 aliphatic carbocycles. The Morgan fingerprint density at radius 3 is 1.38 bits per heavy atom. The van der Waals surface area contributed by atoms with E-state index in [1.807, 2.05) is 6.07 Å². The van der Waals surface area contributed by atoms with Crippen molar-refractivity contribution < 1.29 is 22.4 Å². The summed E-state index contributed by atoms with van der Waals surface area (Å²) in [6.45, 7) is 19.2. The van der Waals surface area contributed by atoms with Crippen LogP contribution >= 0.6 is 11.3 Å². The Bertz CT molecular complexity index is 507. The molecule has 0 aromatic carbocycles. The Morgan fingerprint density at radius 2 is 1.12 bits per heavy atom. The van der Waals surface area contributed by atoms with Gasteiger partial charge in [-0.3, -0.25) is 0 Å². The molecule has 1 rings (SSSR count). The molecule has 11 heteroatoms. The highest BCUT2D eigenvalue weighted by Gasteiger charge is 2.53. The summed E-state index contributed by atoms with van der Waals surface area (Å²) in [6.07, 6.45) is 0. The molecule has 24 heavy (non-hydrogen) atoms. The molecule has 0 saturated heterocycles. The van der Waals surface area contributed by atoms with Crippen LogP contribution in [0.2, 0.25) is 58.9 Å². The van der Waals surface area contributed by atoms with Crippen molar-refractivity contribution in [2.24, 2.45) is 0 Å². The first-order valence-electron chi connectivity index (χ1n) is 8.10. The van der Waals surface area contributed by atoms with E-state index in [2.05, 4.69) is 58.9 Å². The van der Waals surface area contributed by atoms with Crippen LogP contribution in [0.1, 0.15) is 0 Å². The van der Waals surface area contributed by atoms with Crippen molar-refractivity contribution in [3.8, 4) is 0 Å². The van der Waals surface area contributed by atoms with E-state index >= 15 is 0 Å². The fourth-order valence-electron chi connectivity index (χ4n) is 2.08. The minimum Gasteiger partial charge on any atom is -0.423 e. The zero-order valence-corrected chi connectivity index (χ0v) is 21.1. The predicted octanol–water partition coefficient (Wildman–Crippen LogP) is 2.13. The van der Waals surface area contributed by atoms with Crippen LogP contribution in [-0.4, -0.2) is 50.9 Å². The Balaban J connectivity index is 3.47. The highest BCUT2D eigenvalue weighted by Crippen LogP contribution is 2.26. The topological polar surface area (TPSA) is 68.2 Å². The first kappa shape index (κ1) is 22.5. The number of hydrogen-bond donors (Lipinski definition) is 2. The van der Waals surface area contributed by atoms with Gasteiger partial charge in [0.25, 0.3) is 0 Å². The van der Waals surface area contributed by atoms with Crippen LogP contribution in [0.5, 0.6) is 0 Å². The normalized spacial score (nSPS) is 14.1. The van der Waals surface area contributed by atoms with Gasteiger partial charge in [-0.1, -0.05) is 6.07 Å². The van der Waals surface area contributed by atoms with E-state index in [0.29, 0.717) is 4.78 Å². The quantitative estimate of drug-likeness (QED) is 0.628. The molecule has 0 spiro atoms. The molecule has 0 atom stereocenters. The van der Waals surface area contributed by atoms with Gasteiger partial charge >= 0.3 is 15.9 Å². The van der Waals surface area contributed by atoms with Gasteiger partial charge in [-0.25, -0.2) is 0 Å². The van der Waals surface area contributed by atoms with Gasteiger partial charge in [-0.05, 0) is 65.0 Å². The van der Waals surface area contributed by atoms with Gasteiger partial charge in [-0.2, -0.15) is 0 Å². The minimum absolute atomic E-state index is 0.486. The summed E-state index contributed by atoms with van der Waals surface area (Å²) in [5.74, 6) is 0. The maximum atomic E-state index is 9.49. The Labute approximate surface area is 154 Å². The van der Waals surface area contributed by atoms with E-state index < -0.39 is 40.9 Å². The van der Waals surface area contributed by atoms with Crippen molar-refractivity contribution in [2.45, 2.75) is 58.9 Å². The lowest BCUT2D eigenvalue weighted by atomic mass is 9.90. The van der Waals surface area contributed by atoms with Crippen LogP contribution in [-0.2, 0) is 12.3 Å². The van der Waals surface area contributed by atoms with Crippen LogP contribution in [0.4, 0.5) is 0 Å². The molecule has 0 fully saturated rings. The van der Waals surface area contributed by atoms with Crippen LogP contribution in [0.3, 0.4) is 0 Å². The Hall–Kier alpha value is 0.432. The molecule has 138 valence electrons. The van der Waals surface area contributed by atoms with Gasteiger partial charge < -0.3 is 22.4 Å². The van der Waals surface area contributed by atoms with E-state index in [4.69, 9.17) is 12.3 Å². The molecule has 1 aromatic heterocycles. The molecule has 0 bridgehead atoms. The summed E-state index contributed by atoms with van der Waals surface area (Å²) in [5, 5.41) is 19.0. The third-order valence-corrected chi connectivity index (χ3v) is 15.8. The third kappa shape index (κ3) is 7.35. The van der Waals surface area contributed by atoms with Gasteiger partial charge in [0.2, 0.25) is 0 Å². The molecule has 0 amide bonds. The van der Waals surface area contributed by atoms with E-state index in [1.54, 1.807) is 6.07 Å². The summed E-state index contributed by atoms with van der Waals surface area (Å²) < 4.78 is 21.2. The summed E-state index contributed by atoms with van der Waals surface area (Å²) in [7, 11) is -10.5. The maximum Gasteiger partial charge on any atom is 0.516 e. The Kier molecular flexibility index (Phi) is 7.10. The molecule has 0 saturated carbocycles. The molecule has 2 N–H and O–H groups in total.